The van der Waals surface area contributed by atoms with Gasteiger partial charge >= 0.3 is 0 Å². The van der Waals surface area contributed by atoms with E-state index in [0.29, 0.717) is 18.2 Å². The maximum atomic E-state index is 12.2. The van der Waals surface area contributed by atoms with Crippen LogP contribution < -0.4 is 5.73 Å². The van der Waals surface area contributed by atoms with Gasteiger partial charge in [0.15, 0.2) is 0 Å². The van der Waals surface area contributed by atoms with Crippen LogP contribution in [0.4, 0.5) is 0 Å². The molecule has 5 heteroatoms. The van der Waals surface area contributed by atoms with E-state index in [9.17, 15) is 4.79 Å². The number of likely N-dealkylation sites (tertiary alicyclic amines) is 1. The smallest absolute Gasteiger partial charge is 0.222 e. The third-order valence-electron chi connectivity index (χ3n) is 4.25. The molecule has 2 N–H and O–H groups in total. The highest BCUT2D eigenvalue weighted by Gasteiger charge is 2.24. The van der Waals surface area contributed by atoms with Crippen molar-refractivity contribution in [3.63, 3.8) is 0 Å². The Hall–Kier alpha value is -0.710. The van der Waals surface area contributed by atoms with Crippen LogP contribution >= 0.6 is 23.4 Å². The van der Waals surface area contributed by atoms with Gasteiger partial charge in [0.25, 0.3) is 0 Å². The van der Waals surface area contributed by atoms with Gasteiger partial charge in [0.05, 0.1) is 0 Å². The van der Waals surface area contributed by atoms with Gasteiger partial charge in [-0.2, -0.15) is 0 Å². The molecular weight excluding hydrogens is 316 g/mol. The van der Waals surface area contributed by atoms with Crippen LogP contribution in [0.15, 0.2) is 29.2 Å². The Morgan fingerprint density at radius 2 is 2.00 bits per heavy atom. The van der Waals surface area contributed by atoms with E-state index in [-0.39, 0.29) is 6.04 Å². The average Bonchev–Trinajstić information content (AvgIpc) is 2.53. The number of amides is 1. The quantitative estimate of drug-likeness (QED) is 0.633. The Bertz CT molecular complexity index is 470. The lowest BCUT2D eigenvalue weighted by Gasteiger charge is -2.33. The number of carbonyl (C=O) groups excluding carboxylic acids is 1. The molecule has 1 saturated heterocycles. The molecule has 0 aliphatic carbocycles. The molecule has 1 aliphatic heterocycles. The highest BCUT2D eigenvalue weighted by molar-refractivity contribution is 7.99. The summed E-state index contributed by atoms with van der Waals surface area (Å²) in [5.74, 6) is 1.83. The topological polar surface area (TPSA) is 46.3 Å². The molecule has 1 fully saturated rings. The molecule has 1 amide bonds. The first-order chi connectivity index (χ1) is 10.6. The molecule has 2 rings (SSSR count). The summed E-state index contributed by atoms with van der Waals surface area (Å²) in [6, 6.07) is 8.09. The number of piperidine rings is 1. The normalized spacial score (nSPS) is 17.5. The summed E-state index contributed by atoms with van der Waals surface area (Å²) in [5.41, 5.74) is 5.94. The molecule has 0 radical (unpaired) electrons. The first kappa shape index (κ1) is 17.6. The SMILES string of the molecule is CC(N)C1CCN(C(=O)CCCSc2ccc(Cl)cc2)CC1. The van der Waals surface area contributed by atoms with Crippen molar-refractivity contribution in [2.45, 2.75) is 43.5 Å². The lowest BCUT2D eigenvalue weighted by atomic mass is 9.91. The van der Waals surface area contributed by atoms with E-state index in [4.69, 9.17) is 17.3 Å². The Labute approximate surface area is 142 Å². The number of hydrogen-bond donors (Lipinski definition) is 1. The fourth-order valence-corrected chi connectivity index (χ4v) is 3.76. The maximum Gasteiger partial charge on any atom is 0.222 e. The van der Waals surface area contributed by atoms with Crippen LogP contribution in [0, 0.1) is 5.92 Å². The number of rotatable bonds is 6. The van der Waals surface area contributed by atoms with Crippen LogP contribution in [-0.2, 0) is 4.79 Å². The second-order valence-electron chi connectivity index (χ2n) is 5.98. The van der Waals surface area contributed by atoms with E-state index in [2.05, 4.69) is 6.92 Å². The Morgan fingerprint density at radius 3 is 2.59 bits per heavy atom. The molecular formula is C17H25ClN2OS. The molecule has 0 saturated carbocycles. The van der Waals surface area contributed by atoms with Crippen molar-refractivity contribution in [2.24, 2.45) is 11.7 Å². The molecule has 1 aromatic carbocycles. The Kier molecular flexibility index (Phi) is 7.06. The van der Waals surface area contributed by atoms with Crippen LogP contribution in [0.5, 0.6) is 0 Å². The summed E-state index contributed by atoms with van der Waals surface area (Å²) in [5, 5.41) is 0.759. The van der Waals surface area contributed by atoms with E-state index in [1.54, 1.807) is 11.8 Å². The molecule has 1 atom stereocenters. The van der Waals surface area contributed by atoms with Gasteiger partial charge in [0.2, 0.25) is 5.91 Å². The summed E-state index contributed by atoms with van der Waals surface area (Å²) in [6.45, 7) is 3.81. The maximum absolute atomic E-state index is 12.2. The van der Waals surface area contributed by atoms with E-state index < -0.39 is 0 Å². The van der Waals surface area contributed by atoms with Crippen molar-refractivity contribution < 1.29 is 4.79 Å². The third kappa shape index (κ3) is 5.49. The standard InChI is InChI=1S/C17H25ClN2OS/c1-13(19)14-8-10-20(11-9-14)17(21)3-2-12-22-16-6-4-15(18)5-7-16/h4-7,13-14H,2-3,8-12,19H2,1H3. The van der Waals surface area contributed by atoms with E-state index in [1.807, 2.05) is 29.2 Å². The van der Waals surface area contributed by atoms with Gasteiger partial charge in [0.1, 0.15) is 0 Å². The third-order valence-corrected chi connectivity index (χ3v) is 5.60. The highest BCUT2D eigenvalue weighted by Crippen LogP contribution is 2.23. The van der Waals surface area contributed by atoms with Crippen molar-refractivity contribution in [1.29, 1.82) is 0 Å². The van der Waals surface area contributed by atoms with Crippen LogP contribution in [-0.4, -0.2) is 35.7 Å². The summed E-state index contributed by atoms with van der Waals surface area (Å²) < 4.78 is 0. The minimum Gasteiger partial charge on any atom is -0.343 e. The van der Waals surface area contributed by atoms with Gasteiger partial charge in [-0.05, 0) is 62.1 Å². The Morgan fingerprint density at radius 1 is 1.36 bits per heavy atom. The molecule has 22 heavy (non-hydrogen) atoms. The van der Waals surface area contributed by atoms with Gasteiger partial charge in [-0.15, -0.1) is 11.8 Å². The summed E-state index contributed by atoms with van der Waals surface area (Å²) in [6.07, 6.45) is 3.65. The first-order valence-electron chi connectivity index (χ1n) is 7.98. The molecule has 1 unspecified atom stereocenters. The molecule has 1 heterocycles. The van der Waals surface area contributed by atoms with Crippen molar-refractivity contribution in [3.05, 3.63) is 29.3 Å². The summed E-state index contributed by atoms with van der Waals surface area (Å²) in [7, 11) is 0. The van der Waals surface area contributed by atoms with Crippen LogP contribution in [0.3, 0.4) is 0 Å². The van der Waals surface area contributed by atoms with Gasteiger partial charge in [0, 0.05) is 35.5 Å². The monoisotopic (exact) mass is 340 g/mol. The number of carbonyl (C=O) groups is 1. The van der Waals surface area contributed by atoms with E-state index in [1.165, 1.54) is 4.90 Å². The lowest BCUT2D eigenvalue weighted by molar-refractivity contribution is -0.132. The zero-order valence-corrected chi connectivity index (χ0v) is 14.7. The number of thioether (sulfide) groups is 1. The fourth-order valence-electron chi connectivity index (χ4n) is 2.78. The summed E-state index contributed by atoms with van der Waals surface area (Å²) >= 11 is 7.64. The van der Waals surface area contributed by atoms with Gasteiger partial charge in [-0.25, -0.2) is 0 Å². The minimum absolute atomic E-state index is 0.244. The largest absolute Gasteiger partial charge is 0.343 e. The fraction of sp³-hybridized carbons (Fsp3) is 0.588. The number of nitrogens with two attached hydrogens (primary N) is 1. The lowest BCUT2D eigenvalue weighted by Crippen LogP contribution is -2.42. The molecule has 0 aromatic heterocycles. The van der Waals surface area contributed by atoms with Crippen LogP contribution in [0.25, 0.3) is 0 Å². The number of benzene rings is 1. The van der Waals surface area contributed by atoms with Crippen molar-refractivity contribution >= 4 is 29.3 Å². The van der Waals surface area contributed by atoms with Crippen LogP contribution in [0.2, 0.25) is 5.02 Å². The highest BCUT2D eigenvalue weighted by atomic mass is 35.5. The van der Waals surface area contributed by atoms with Gasteiger partial charge < -0.3 is 10.6 Å². The molecule has 0 bridgehead atoms. The molecule has 3 nitrogen and oxygen atoms in total. The average molecular weight is 341 g/mol. The van der Waals surface area contributed by atoms with Gasteiger partial charge in [-0.3, -0.25) is 4.79 Å². The minimum atomic E-state index is 0.244. The Balaban J connectivity index is 1.63. The van der Waals surface area contributed by atoms with Crippen molar-refractivity contribution in [3.8, 4) is 0 Å². The van der Waals surface area contributed by atoms with E-state index >= 15 is 0 Å². The van der Waals surface area contributed by atoms with E-state index in [0.717, 1.165) is 43.1 Å². The molecule has 1 aromatic rings. The van der Waals surface area contributed by atoms with Crippen LogP contribution in [0.1, 0.15) is 32.6 Å². The van der Waals surface area contributed by atoms with Crippen molar-refractivity contribution in [1.82, 2.24) is 4.90 Å². The number of halogens is 1. The zero-order chi connectivity index (χ0) is 15.9. The molecule has 1 aliphatic rings. The van der Waals surface area contributed by atoms with Gasteiger partial charge in [-0.1, -0.05) is 11.6 Å². The van der Waals surface area contributed by atoms with Crippen molar-refractivity contribution in [2.75, 3.05) is 18.8 Å². The number of hydrogen-bond acceptors (Lipinski definition) is 3. The zero-order valence-electron chi connectivity index (χ0n) is 13.1. The molecule has 122 valence electrons. The number of nitrogens with zero attached hydrogens (tertiary/aromatic N) is 1. The predicted molar refractivity (Wildman–Crippen MR) is 94.4 cm³/mol. The second kappa shape index (κ2) is 8.80. The molecule has 0 spiro atoms. The predicted octanol–water partition coefficient (Wildman–Crippen LogP) is 3.80. The first-order valence-corrected chi connectivity index (χ1v) is 9.34. The second-order valence-corrected chi connectivity index (χ2v) is 7.59. The summed E-state index contributed by atoms with van der Waals surface area (Å²) in [4.78, 5) is 15.4.